The van der Waals surface area contributed by atoms with Crippen molar-refractivity contribution in [2.24, 2.45) is 0 Å². The maximum absolute atomic E-state index is 12.1. The van der Waals surface area contributed by atoms with Gasteiger partial charge < -0.3 is 15.3 Å². The zero-order valence-corrected chi connectivity index (χ0v) is 12.2. The van der Waals surface area contributed by atoms with Crippen molar-refractivity contribution < 1.29 is 9.90 Å². The van der Waals surface area contributed by atoms with E-state index in [9.17, 15) is 9.90 Å². The summed E-state index contributed by atoms with van der Waals surface area (Å²) in [6.07, 6.45) is 8.10. The van der Waals surface area contributed by atoms with Crippen LogP contribution in [0.2, 0.25) is 0 Å². The number of aliphatic hydroxyl groups excluding tert-OH is 1. The fourth-order valence-electron chi connectivity index (χ4n) is 2.54. The number of nitrogens with zero attached hydrogens (tertiary/aromatic N) is 4. The predicted octanol–water partition coefficient (Wildman–Crippen LogP) is 0.934. The van der Waals surface area contributed by atoms with Crippen molar-refractivity contribution in [1.29, 1.82) is 0 Å². The second-order valence-corrected chi connectivity index (χ2v) is 5.39. The van der Waals surface area contributed by atoms with Crippen LogP contribution >= 0.6 is 0 Å². The van der Waals surface area contributed by atoms with Crippen LogP contribution in [0.15, 0.2) is 37.1 Å². The standard InChI is InChI=1S/C15H19N5O2/c21-13-2-1-6-19(10-13)15(22)18-9-12-3-4-17-14(8-12)20-7-5-16-11-20/h3-5,7-8,11,13,21H,1-2,6,9-10H2,(H,18,22). The average Bonchev–Trinajstić information content (AvgIpc) is 3.07. The Morgan fingerprint density at radius 1 is 1.45 bits per heavy atom. The smallest absolute Gasteiger partial charge is 0.317 e. The molecule has 22 heavy (non-hydrogen) atoms. The molecule has 1 unspecified atom stereocenters. The molecule has 7 heteroatoms. The molecule has 1 saturated heterocycles. The Labute approximate surface area is 128 Å². The summed E-state index contributed by atoms with van der Waals surface area (Å²) in [6.45, 7) is 1.53. The minimum Gasteiger partial charge on any atom is -0.391 e. The van der Waals surface area contributed by atoms with Crippen molar-refractivity contribution in [1.82, 2.24) is 24.8 Å². The molecule has 2 N–H and O–H groups in total. The average molecular weight is 301 g/mol. The van der Waals surface area contributed by atoms with Crippen LogP contribution in [0.1, 0.15) is 18.4 Å². The van der Waals surface area contributed by atoms with Crippen molar-refractivity contribution >= 4 is 6.03 Å². The number of pyridine rings is 1. The third-order valence-electron chi connectivity index (χ3n) is 3.71. The Hall–Kier alpha value is -2.41. The molecule has 0 aliphatic carbocycles. The van der Waals surface area contributed by atoms with Gasteiger partial charge in [-0.15, -0.1) is 0 Å². The third kappa shape index (κ3) is 3.43. The van der Waals surface area contributed by atoms with Gasteiger partial charge in [-0.3, -0.25) is 4.57 Å². The van der Waals surface area contributed by atoms with E-state index in [0.29, 0.717) is 19.6 Å². The maximum atomic E-state index is 12.1. The molecule has 0 radical (unpaired) electrons. The molecule has 2 amide bonds. The fraction of sp³-hybridized carbons (Fsp3) is 0.400. The Morgan fingerprint density at radius 3 is 3.14 bits per heavy atom. The predicted molar refractivity (Wildman–Crippen MR) is 80.4 cm³/mol. The van der Waals surface area contributed by atoms with Gasteiger partial charge in [0.1, 0.15) is 12.1 Å². The zero-order valence-electron chi connectivity index (χ0n) is 12.2. The summed E-state index contributed by atoms with van der Waals surface area (Å²) in [5.41, 5.74) is 0.963. The van der Waals surface area contributed by atoms with Gasteiger partial charge in [-0.2, -0.15) is 0 Å². The molecule has 7 nitrogen and oxygen atoms in total. The van der Waals surface area contributed by atoms with Crippen LogP contribution in [-0.2, 0) is 6.54 Å². The maximum Gasteiger partial charge on any atom is 0.317 e. The topological polar surface area (TPSA) is 83.3 Å². The summed E-state index contributed by atoms with van der Waals surface area (Å²) in [5.74, 6) is 0.762. The fourth-order valence-corrected chi connectivity index (χ4v) is 2.54. The zero-order chi connectivity index (χ0) is 15.4. The molecule has 1 fully saturated rings. The van der Waals surface area contributed by atoms with Crippen molar-refractivity contribution in [2.45, 2.75) is 25.5 Å². The number of amides is 2. The summed E-state index contributed by atoms with van der Waals surface area (Å²) >= 11 is 0. The van der Waals surface area contributed by atoms with Crippen molar-refractivity contribution in [3.05, 3.63) is 42.6 Å². The first-order valence-corrected chi connectivity index (χ1v) is 7.36. The Morgan fingerprint density at radius 2 is 2.36 bits per heavy atom. The van der Waals surface area contributed by atoms with Crippen LogP contribution in [0.5, 0.6) is 0 Å². The van der Waals surface area contributed by atoms with E-state index in [4.69, 9.17) is 0 Å². The van der Waals surface area contributed by atoms with Gasteiger partial charge in [-0.25, -0.2) is 14.8 Å². The highest BCUT2D eigenvalue weighted by Crippen LogP contribution is 2.10. The van der Waals surface area contributed by atoms with E-state index in [0.717, 1.165) is 24.2 Å². The second kappa shape index (κ2) is 6.57. The highest BCUT2D eigenvalue weighted by molar-refractivity contribution is 5.74. The quantitative estimate of drug-likeness (QED) is 0.883. The van der Waals surface area contributed by atoms with Crippen molar-refractivity contribution in [3.63, 3.8) is 0 Å². The first-order valence-electron chi connectivity index (χ1n) is 7.36. The largest absolute Gasteiger partial charge is 0.391 e. The number of rotatable bonds is 3. The molecule has 0 aromatic carbocycles. The van der Waals surface area contributed by atoms with Crippen LogP contribution in [0, 0.1) is 0 Å². The molecule has 2 aromatic rings. The Balaban J connectivity index is 1.59. The van der Waals surface area contributed by atoms with E-state index in [1.54, 1.807) is 23.6 Å². The van der Waals surface area contributed by atoms with Crippen LogP contribution in [0.3, 0.4) is 0 Å². The number of carbonyl (C=O) groups excluding carboxylic acids is 1. The molecular weight excluding hydrogens is 282 g/mol. The number of aromatic nitrogens is 3. The molecule has 1 aliphatic rings. The normalized spacial score (nSPS) is 18.2. The van der Waals surface area contributed by atoms with Gasteiger partial charge in [0.05, 0.1) is 6.10 Å². The third-order valence-corrected chi connectivity index (χ3v) is 3.71. The first-order chi connectivity index (χ1) is 10.7. The number of piperidine rings is 1. The van der Waals surface area contributed by atoms with E-state index in [1.165, 1.54) is 0 Å². The van der Waals surface area contributed by atoms with E-state index in [-0.39, 0.29) is 6.03 Å². The first kappa shape index (κ1) is 14.5. The number of carbonyl (C=O) groups is 1. The second-order valence-electron chi connectivity index (χ2n) is 5.39. The number of nitrogens with one attached hydrogen (secondary N) is 1. The lowest BCUT2D eigenvalue weighted by Gasteiger charge is -2.30. The summed E-state index contributed by atoms with van der Waals surface area (Å²) in [4.78, 5) is 22.0. The van der Waals surface area contributed by atoms with Gasteiger partial charge in [0.2, 0.25) is 0 Å². The lowest BCUT2D eigenvalue weighted by atomic mass is 10.1. The summed E-state index contributed by atoms with van der Waals surface area (Å²) in [5, 5.41) is 12.5. The summed E-state index contributed by atoms with van der Waals surface area (Å²) in [6, 6.07) is 3.64. The number of hydrogen-bond donors (Lipinski definition) is 2. The van der Waals surface area contributed by atoms with Crippen molar-refractivity contribution in [2.75, 3.05) is 13.1 Å². The number of imidazole rings is 1. The lowest BCUT2D eigenvalue weighted by molar-refractivity contribution is 0.0842. The molecule has 0 bridgehead atoms. The molecule has 3 rings (SSSR count). The molecule has 3 heterocycles. The van der Waals surface area contributed by atoms with Gasteiger partial charge in [0.15, 0.2) is 0 Å². The summed E-state index contributed by atoms with van der Waals surface area (Å²) in [7, 11) is 0. The van der Waals surface area contributed by atoms with Crippen LogP contribution < -0.4 is 5.32 Å². The Bertz CT molecular complexity index is 629. The van der Waals surface area contributed by atoms with Gasteiger partial charge >= 0.3 is 6.03 Å². The van der Waals surface area contributed by atoms with Crippen LogP contribution in [0.4, 0.5) is 4.79 Å². The minimum absolute atomic E-state index is 0.139. The number of urea groups is 1. The van der Waals surface area contributed by atoms with Crippen LogP contribution in [0.25, 0.3) is 5.82 Å². The molecule has 0 saturated carbocycles. The van der Waals surface area contributed by atoms with E-state index in [1.807, 2.05) is 22.9 Å². The molecule has 1 atom stereocenters. The van der Waals surface area contributed by atoms with E-state index in [2.05, 4.69) is 15.3 Å². The highest BCUT2D eigenvalue weighted by Gasteiger charge is 2.21. The summed E-state index contributed by atoms with van der Waals surface area (Å²) < 4.78 is 1.81. The number of hydrogen-bond acceptors (Lipinski definition) is 4. The monoisotopic (exact) mass is 301 g/mol. The van der Waals surface area contributed by atoms with Gasteiger partial charge in [-0.05, 0) is 30.5 Å². The molecular formula is C15H19N5O2. The minimum atomic E-state index is -0.409. The molecule has 1 aliphatic heterocycles. The van der Waals surface area contributed by atoms with E-state index >= 15 is 0 Å². The number of likely N-dealkylation sites (tertiary alicyclic amines) is 1. The number of β-amino-alcohol motifs (C(OH)–C–C–N with tert-alkyl or cyclic N) is 1. The van der Waals surface area contributed by atoms with Crippen LogP contribution in [-0.4, -0.2) is 49.8 Å². The van der Waals surface area contributed by atoms with E-state index < -0.39 is 6.10 Å². The number of aliphatic hydroxyl groups is 1. The highest BCUT2D eigenvalue weighted by atomic mass is 16.3. The SMILES string of the molecule is O=C(NCc1ccnc(-n2ccnc2)c1)N1CCCC(O)C1. The molecule has 116 valence electrons. The van der Waals surface area contributed by atoms with Gasteiger partial charge in [-0.1, -0.05) is 0 Å². The van der Waals surface area contributed by atoms with Crippen molar-refractivity contribution in [3.8, 4) is 5.82 Å². The lowest BCUT2D eigenvalue weighted by Crippen LogP contribution is -2.46. The molecule has 0 spiro atoms. The molecule has 2 aromatic heterocycles. The van der Waals surface area contributed by atoms with Gasteiger partial charge in [0.25, 0.3) is 0 Å². The Kier molecular flexibility index (Phi) is 4.34. The van der Waals surface area contributed by atoms with Gasteiger partial charge in [0, 0.05) is 38.2 Å².